The molecule has 100 valence electrons. The van der Waals surface area contributed by atoms with Gasteiger partial charge in [-0.15, -0.1) is 0 Å². The SMILES string of the molecule is O=P(O)(O)C1(P(=O)(O)O)CCC2CCCNC21. The number of hydrogen-bond acceptors (Lipinski definition) is 3. The second-order valence-corrected chi connectivity index (χ2v) is 8.96. The van der Waals surface area contributed by atoms with E-state index in [-0.39, 0.29) is 12.3 Å². The molecule has 2 atom stereocenters. The Morgan fingerprint density at radius 3 is 2.18 bits per heavy atom. The Bertz CT molecular complexity index is 379. The Morgan fingerprint density at radius 2 is 1.65 bits per heavy atom. The summed E-state index contributed by atoms with van der Waals surface area (Å²) in [7, 11) is -9.76. The second kappa shape index (κ2) is 4.14. The van der Waals surface area contributed by atoms with Crippen LogP contribution in [0.4, 0.5) is 0 Å². The van der Waals surface area contributed by atoms with E-state index >= 15 is 0 Å². The van der Waals surface area contributed by atoms with Crippen LogP contribution >= 0.6 is 15.2 Å². The van der Waals surface area contributed by atoms with Crippen LogP contribution in [0.15, 0.2) is 0 Å². The molecule has 1 aliphatic carbocycles. The van der Waals surface area contributed by atoms with Crippen molar-refractivity contribution in [1.29, 1.82) is 0 Å². The summed E-state index contributed by atoms with van der Waals surface area (Å²) >= 11 is 0. The predicted octanol–water partition coefficient (Wildman–Crippen LogP) is 0.200. The summed E-state index contributed by atoms with van der Waals surface area (Å²) in [4.78, 5) is 35.5. The van der Waals surface area contributed by atoms with Crippen molar-refractivity contribution < 1.29 is 28.7 Å². The first kappa shape index (κ1) is 13.7. The van der Waals surface area contributed by atoms with Gasteiger partial charge in [0.2, 0.25) is 0 Å². The van der Waals surface area contributed by atoms with Gasteiger partial charge in [0.1, 0.15) is 0 Å². The van der Waals surface area contributed by atoms with E-state index in [2.05, 4.69) is 5.32 Å². The molecule has 0 spiro atoms. The molecule has 7 nitrogen and oxygen atoms in total. The van der Waals surface area contributed by atoms with Crippen molar-refractivity contribution in [3.05, 3.63) is 0 Å². The molecule has 0 radical (unpaired) electrons. The molecule has 17 heavy (non-hydrogen) atoms. The molecule has 0 aromatic carbocycles. The molecule has 2 aliphatic rings. The molecule has 9 heteroatoms. The summed E-state index contributed by atoms with van der Waals surface area (Å²) < 4.78 is 23.2. The van der Waals surface area contributed by atoms with Crippen molar-refractivity contribution in [2.24, 2.45) is 5.92 Å². The van der Waals surface area contributed by atoms with Crippen LogP contribution in [0.3, 0.4) is 0 Å². The third-order valence-corrected chi connectivity index (χ3v) is 8.56. The molecule has 2 fully saturated rings. The van der Waals surface area contributed by atoms with Crippen LogP contribution in [-0.2, 0) is 9.13 Å². The Morgan fingerprint density at radius 1 is 1.06 bits per heavy atom. The highest BCUT2D eigenvalue weighted by Crippen LogP contribution is 2.76. The molecule has 2 rings (SSSR count). The number of hydrogen-bond donors (Lipinski definition) is 5. The first-order valence-electron chi connectivity index (χ1n) is 5.55. The molecule has 1 saturated heterocycles. The van der Waals surface area contributed by atoms with Gasteiger partial charge in [-0.3, -0.25) is 9.13 Å². The van der Waals surface area contributed by atoms with Gasteiger partial charge in [-0.1, -0.05) is 0 Å². The summed E-state index contributed by atoms with van der Waals surface area (Å²) in [5.41, 5.74) is 0. The minimum absolute atomic E-state index is 0.0519. The number of nitrogens with one attached hydrogen (secondary N) is 1. The van der Waals surface area contributed by atoms with Gasteiger partial charge < -0.3 is 24.9 Å². The van der Waals surface area contributed by atoms with Crippen molar-refractivity contribution in [2.45, 2.75) is 36.6 Å². The number of rotatable bonds is 2. The van der Waals surface area contributed by atoms with Gasteiger partial charge in [-0.25, -0.2) is 0 Å². The average molecular weight is 285 g/mol. The van der Waals surface area contributed by atoms with Crippen molar-refractivity contribution in [3.63, 3.8) is 0 Å². The molecule has 1 saturated carbocycles. The zero-order valence-electron chi connectivity index (χ0n) is 9.19. The van der Waals surface area contributed by atoms with E-state index in [0.717, 1.165) is 12.8 Å². The highest BCUT2D eigenvalue weighted by molar-refractivity contribution is 7.72. The van der Waals surface area contributed by atoms with E-state index < -0.39 is 26.1 Å². The average Bonchev–Trinajstić information content (AvgIpc) is 2.55. The topological polar surface area (TPSA) is 127 Å². The largest absolute Gasteiger partial charge is 0.345 e. The van der Waals surface area contributed by atoms with Gasteiger partial charge in [-0.05, 0) is 38.1 Å². The lowest BCUT2D eigenvalue weighted by molar-refractivity contribution is 0.254. The fraction of sp³-hybridized carbons (Fsp3) is 1.00. The highest BCUT2D eigenvalue weighted by Gasteiger charge is 2.68. The standard InChI is InChI=1S/C8H17NO6P2/c10-16(11,12)8(17(13,14)15)4-3-6-2-1-5-9-7(6)8/h6-7,9H,1-5H2,(H2,10,11,12)(H2,13,14,15). The fourth-order valence-electron chi connectivity index (χ4n) is 3.18. The molecule has 1 heterocycles. The minimum Gasteiger partial charge on any atom is -0.324 e. The lowest BCUT2D eigenvalue weighted by Gasteiger charge is -2.40. The predicted molar refractivity (Wildman–Crippen MR) is 60.6 cm³/mol. The van der Waals surface area contributed by atoms with E-state index in [9.17, 15) is 28.7 Å². The van der Waals surface area contributed by atoms with Gasteiger partial charge >= 0.3 is 15.2 Å². The van der Waals surface area contributed by atoms with Crippen LogP contribution in [-0.4, -0.2) is 37.1 Å². The van der Waals surface area contributed by atoms with E-state index in [4.69, 9.17) is 0 Å². The van der Waals surface area contributed by atoms with Crippen molar-refractivity contribution >= 4 is 15.2 Å². The summed E-state index contributed by atoms with van der Waals surface area (Å²) in [5, 5.41) is 2.90. The maximum Gasteiger partial charge on any atom is 0.345 e. The summed E-state index contributed by atoms with van der Waals surface area (Å²) in [6.45, 7) is 0.545. The van der Waals surface area contributed by atoms with Crippen LogP contribution < -0.4 is 5.32 Å². The minimum atomic E-state index is -4.88. The van der Waals surface area contributed by atoms with Crippen molar-refractivity contribution in [3.8, 4) is 0 Å². The number of piperidine rings is 1. The van der Waals surface area contributed by atoms with Crippen LogP contribution in [0.25, 0.3) is 0 Å². The zero-order chi connectivity index (χ0) is 12.9. The van der Waals surface area contributed by atoms with E-state index in [1.165, 1.54) is 0 Å². The van der Waals surface area contributed by atoms with Gasteiger partial charge in [0.05, 0.1) is 0 Å². The van der Waals surface area contributed by atoms with E-state index in [1.54, 1.807) is 0 Å². The van der Waals surface area contributed by atoms with Crippen molar-refractivity contribution in [2.75, 3.05) is 6.54 Å². The van der Waals surface area contributed by atoms with Crippen LogP contribution in [0.5, 0.6) is 0 Å². The van der Waals surface area contributed by atoms with Gasteiger partial charge in [0, 0.05) is 6.04 Å². The first-order chi connectivity index (χ1) is 7.70. The molecule has 0 aromatic heterocycles. The van der Waals surface area contributed by atoms with Crippen LogP contribution in [0, 0.1) is 5.92 Å². The molecule has 0 aromatic rings. The Labute approximate surface area is 98.9 Å². The first-order valence-corrected chi connectivity index (χ1v) is 8.77. The lowest BCUT2D eigenvalue weighted by Crippen LogP contribution is -2.51. The summed E-state index contributed by atoms with van der Waals surface area (Å²) in [6.07, 6.45) is 1.97. The smallest absolute Gasteiger partial charge is 0.324 e. The third kappa shape index (κ3) is 1.94. The Hall–Kier alpha value is 0.260. The maximum absolute atomic E-state index is 11.6. The number of fused-ring (bicyclic) bond motifs is 1. The Balaban J connectivity index is 2.49. The highest BCUT2D eigenvalue weighted by atomic mass is 31.2. The van der Waals surface area contributed by atoms with Gasteiger partial charge in [0.15, 0.2) is 4.90 Å². The molecule has 2 unspecified atom stereocenters. The van der Waals surface area contributed by atoms with Gasteiger partial charge in [-0.2, -0.15) is 0 Å². The maximum atomic E-state index is 11.6. The Kier molecular flexibility index (Phi) is 3.33. The molecule has 1 aliphatic heterocycles. The summed E-state index contributed by atoms with van der Waals surface area (Å²) in [6, 6.07) is -0.780. The lowest BCUT2D eigenvalue weighted by atomic mass is 9.94. The second-order valence-electron chi connectivity index (χ2n) is 4.84. The molecule has 0 bridgehead atoms. The van der Waals surface area contributed by atoms with Gasteiger partial charge in [0.25, 0.3) is 0 Å². The monoisotopic (exact) mass is 285 g/mol. The quantitative estimate of drug-likeness (QED) is 0.458. The van der Waals surface area contributed by atoms with Crippen molar-refractivity contribution in [1.82, 2.24) is 5.32 Å². The molecule has 5 N–H and O–H groups in total. The third-order valence-electron chi connectivity index (χ3n) is 3.98. The zero-order valence-corrected chi connectivity index (χ0v) is 11.0. The fourth-order valence-corrected chi connectivity index (χ4v) is 6.71. The van der Waals surface area contributed by atoms with E-state index in [0.29, 0.717) is 13.0 Å². The van der Waals surface area contributed by atoms with Crippen LogP contribution in [0.2, 0.25) is 0 Å². The molecular weight excluding hydrogens is 268 g/mol. The normalized spacial score (nSPS) is 33.4. The van der Waals surface area contributed by atoms with E-state index in [1.807, 2.05) is 0 Å². The molecule has 0 amide bonds. The molecular formula is C8H17NO6P2. The summed E-state index contributed by atoms with van der Waals surface area (Å²) in [5.74, 6) is -0.0519. The van der Waals surface area contributed by atoms with Crippen LogP contribution in [0.1, 0.15) is 25.7 Å².